The molecular weight excluding hydrogens is 1090 g/mol. The van der Waals surface area contributed by atoms with Gasteiger partial charge < -0.3 is 33.8 Å². The molecule has 6 atom stereocenters. The molecule has 486 valence electrons. The van der Waals surface area contributed by atoms with Crippen molar-refractivity contribution in [3.63, 3.8) is 0 Å². The van der Waals surface area contributed by atoms with Crippen LogP contribution in [-0.4, -0.2) is 96.7 Å². The van der Waals surface area contributed by atoms with E-state index in [1.807, 2.05) is 0 Å². The molecule has 0 aliphatic carbocycles. The molecule has 0 aliphatic rings. The molecule has 0 saturated heterocycles. The van der Waals surface area contributed by atoms with Crippen molar-refractivity contribution in [1.82, 2.24) is 0 Å². The number of ether oxygens (including phenoxy) is 4. The molecule has 0 bridgehead atoms. The largest absolute Gasteiger partial charge is 0.472 e. The number of esters is 4. The van der Waals surface area contributed by atoms with Gasteiger partial charge >= 0.3 is 39.5 Å². The molecule has 0 spiro atoms. The number of unbranched alkanes of at least 4 members (excludes halogenated alkanes) is 25. The minimum Gasteiger partial charge on any atom is -0.462 e. The fraction of sp³-hybridized carbons (Fsp3) is 0.937. The van der Waals surface area contributed by atoms with Crippen LogP contribution in [0.15, 0.2) is 0 Å². The molecule has 0 aromatic carbocycles. The van der Waals surface area contributed by atoms with Crippen molar-refractivity contribution in [1.29, 1.82) is 0 Å². The van der Waals surface area contributed by atoms with Gasteiger partial charge in [0.1, 0.15) is 19.3 Å². The number of carbonyl (C=O) groups excluding carboxylic acids is 4. The Morgan fingerprint density at radius 3 is 0.866 bits per heavy atom. The Labute approximate surface area is 498 Å². The molecule has 0 aromatic rings. The summed E-state index contributed by atoms with van der Waals surface area (Å²) in [6, 6.07) is 0. The van der Waals surface area contributed by atoms with Crippen LogP contribution in [0.2, 0.25) is 0 Å². The maximum absolute atomic E-state index is 13.0. The molecular formula is C63H122O17P2. The summed E-state index contributed by atoms with van der Waals surface area (Å²) in [7, 11) is -9.89. The Balaban J connectivity index is 5.25. The number of phosphoric ester groups is 2. The molecule has 0 aromatic heterocycles. The van der Waals surface area contributed by atoms with Crippen LogP contribution in [0.4, 0.5) is 0 Å². The van der Waals surface area contributed by atoms with Gasteiger partial charge in [-0.1, -0.05) is 248 Å². The van der Waals surface area contributed by atoms with Crippen LogP contribution in [0.1, 0.15) is 299 Å². The predicted molar refractivity (Wildman–Crippen MR) is 326 cm³/mol. The fourth-order valence-electron chi connectivity index (χ4n) is 9.22. The quantitative estimate of drug-likeness (QED) is 0.0222. The Morgan fingerprint density at radius 2 is 0.585 bits per heavy atom. The van der Waals surface area contributed by atoms with E-state index in [-0.39, 0.29) is 25.7 Å². The SMILES string of the molecule is CCC(C)CCCCCCCCC(=O)OC[C@H](COP(=O)(O)OCC(O)COP(=O)(O)OC[C@@H](COC(=O)CCCCCCCCCCC(C)C)OC(=O)CCCCCCCCCCCC(C)C)OC(=O)CCCCCCCCC(C)C. The van der Waals surface area contributed by atoms with E-state index in [1.54, 1.807) is 0 Å². The highest BCUT2D eigenvalue weighted by molar-refractivity contribution is 7.47. The van der Waals surface area contributed by atoms with E-state index >= 15 is 0 Å². The lowest BCUT2D eigenvalue weighted by Gasteiger charge is -2.21. The minimum atomic E-state index is -4.94. The second-order valence-electron chi connectivity index (χ2n) is 24.5. The molecule has 19 heteroatoms. The molecule has 0 heterocycles. The van der Waals surface area contributed by atoms with Gasteiger partial charge in [0.05, 0.1) is 26.4 Å². The van der Waals surface area contributed by atoms with Gasteiger partial charge in [-0.25, -0.2) is 9.13 Å². The maximum atomic E-state index is 13.0. The molecule has 0 fully saturated rings. The standard InChI is InChI=1S/C63H122O17P2/c1-9-56(8)42-34-26-20-22-28-36-44-61(66)74-50-59(80-63(68)46-38-30-21-19-25-33-41-55(6)7)52-78-82(71,72)76-48-57(64)47-75-81(69,70)77-51-58(49-73-60(65)43-35-27-17-14-13-16-24-32-40-54(4)5)79-62(67)45-37-29-18-12-10-11-15-23-31-39-53(2)3/h53-59,64H,9-52H2,1-8H3,(H,69,70)(H,71,72)/t56?,57?,58-,59-/m1/s1. The second-order valence-corrected chi connectivity index (χ2v) is 27.4. The van der Waals surface area contributed by atoms with Crippen molar-refractivity contribution in [2.24, 2.45) is 23.7 Å². The van der Waals surface area contributed by atoms with Crippen LogP contribution in [-0.2, 0) is 65.4 Å². The summed E-state index contributed by atoms with van der Waals surface area (Å²) in [6.45, 7) is 13.9. The third-order valence-electron chi connectivity index (χ3n) is 14.7. The third-order valence-corrected chi connectivity index (χ3v) is 16.6. The lowest BCUT2D eigenvalue weighted by molar-refractivity contribution is -0.161. The summed E-state index contributed by atoms with van der Waals surface area (Å²) in [5.74, 6) is 0.718. The zero-order valence-corrected chi connectivity index (χ0v) is 54.9. The average molecular weight is 1210 g/mol. The minimum absolute atomic E-state index is 0.100. The van der Waals surface area contributed by atoms with E-state index in [9.17, 15) is 43.2 Å². The summed E-state index contributed by atoms with van der Waals surface area (Å²) >= 11 is 0. The van der Waals surface area contributed by atoms with Crippen LogP contribution in [0.3, 0.4) is 0 Å². The topological polar surface area (TPSA) is 237 Å². The van der Waals surface area contributed by atoms with E-state index in [4.69, 9.17) is 37.0 Å². The zero-order chi connectivity index (χ0) is 61.1. The van der Waals surface area contributed by atoms with Gasteiger partial charge in [-0.2, -0.15) is 0 Å². The van der Waals surface area contributed by atoms with Crippen molar-refractivity contribution in [2.45, 2.75) is 318 Å². The fourth-order valence-corrected chi connectivity index (χ4v) is 10.8. The lowest BCUT2D eigenvalue weighted by Crippen LogP contribution is -2.30. The van der Waals surface area contributed by atoms with E-state index in [1.165, 1.54) is 96.3 Å². The number of aliphatic hydroxyl groups is 1. The van der Waals surface area contributed by atoms with E-state index in [0.29, 0.717) is 31.6 Å². The van der Waals surface area contributed by atoms with E-state index in [0.717, 1.165) is 114 Å². The maximum Gasteiger partial charge on any atom is 0.472 e. The van der Waals surface area contributed by atoms with Gasteiger partial charge in [0, 0.05) is 25.7 Å². The number of aliphatic hydroxyl groups excluding tert-OH is 1. The Bertz CT molecular complexity index is 1650. The first-order valence-corrected chi connectivity index (χ1v) is 35.7. The molecule has 82 heavy (non-hydrogen) atoms. The Morgan fingerprint density at radius 1 is 0.341 bits per heavy atom. The summed E-state index contributed by atoms with van der Waals surface area (Å²) in [6.07, 6.45) is 32.3. The Hall–Kier alpha value is -1.94. The molecule has 4 unspecified atom stereocenters. The third kappa shape index (κ3) is 55.9. The molecule has 3 N–H and O–H groups in total. The lowest BCUT2D eigenvalue weighted by atomic mass is 10.00. The molecule has 0 saturated carbocycles. The molecule has 17 nitrogen and oxygen atoms in total. The number of rotatable bonds is 60. The summed E-state index contributed by atoms with van der Waals surface area (Å²) in [4.78, 5) is 72.1. The van der Waals surface area contributed by atoms with Gasteiger partial charge in [-0.3, -0.25) is 37.3 Å². The normalized spacial score (nSPS) is 14.8. The van der Waals surface area contributed by atoms with Crippen LogP contribution in [0, 0.1) is 23.7 Å². The summed E-state index contributed by atoms with van der Waals surface area (Å²) in [5, 5.41) is 10.5. The number of carbonyl (C=O) groups is 4. The van der Waals surface area contributed by atoms with Crippen LogP contribution < -0.4 is 0 Å². The number of hydrogen-bond donors (Lipinski definition) is 3. The highest BCUT2D eigenvalue weighted by Gasteiger charge is 2.30. The van der Waals surface area contributed by atoms with Gasteiger partial charge in [-0.05, 0) is 49.4 Å². The first-order valence-electron chi connectivity index (χ1n) is 32.7. The van der Waals surface area contributed by atoms with Crippen molar-refractivity contribution in [3.8, 4) is 0 Å². The van der Waals surface area contributed by atoms with Crippen molar-refractivity contribution in [3.05, 3.63) is 0 Å². The summed E-state index contributed by atoms with van der Waals surface area (Å²) in [5.41, 5.74) is 0. The Kier molecular flexibility index (Phi) is 52.0. The second kappa shape index (κ2) is 53.3. The van der Waals surface area contributed by atoms with Crippen molar-refractivity contribution < 1.29 is 80.2 Å². The van der Waals surface area contributed by atoms with Crippen LogP contribution >= 0.6 is 15.6 Å². The van der Waals surface area contributed by atoms with Crippen molar-refractivity contribution >= 4 is 39.5 Å². The molecule has 0 amide bonds. The number of phosphoric acid groups is 2. The van der Waals surface area contributed by atoms with E-state index < -0.39 is 97.5 Å². The van der Waals surface area contributed by atoms with Crippen molar-refractivity contribution in [2.75, 3.05) is 39.6 Å². The highest BCUT2D eigenvalue weighted by Crippen LogP contribution is 2.45. The molecule has 0 aliphatic heterocycles. The first-order chi connectivity index (χ1) is 39.1. The van der Waals surface area contributed by atoms with Gasteiger partial charge in [-0.15, -0.1) is 0 Å². The highest BCUT2D eigenvalue weighted by atomic mass is 31.2. The monoisotopic (exact) mass is 1210 g/mol. The predicted octanol–water partition coefficient (Wildman–Crippen LogP) is 17.0. The average Bonchev–Trinajstić information content (AvgIpc) is 3.45. The van der Waals surface area contributed by atoms with Crippen LogP contribution in [0.5, 0.6) is 0 Å². The number of hydrogen-bond acceptors (Lipinski definition) is 15. The van der Waals surface area contributed by atoms with Crippen LogP contribution in [0.25, 0.3) is 0 Å². The van der Waals surface area contributed by atoms with Gasteiger partial charge in [0.25, 0.3) is 0 Å². The van der Waals surface area contributed by atoms with Gasteiger partial charge in [0.2, 0.25) is 0 Å². The molecule has 0 radical (unpaired) electrons. The smallest absolute Gasteiger partial charge is 0.462 e. The van der Waals surface area contributed by atoms with E-state index in [2.05, 4.69) is 55.4 Å². The first kappa shape index (κ1) is 80.1. The summed E-state index contributed by atoms with van der Waals surface area (Å²) < 4.78 is 67.9. The molecule has 0 rings (SSSR count). The van der Waals surface area contributed by atoms with Gasteiger partial charge in [0.15, 0.2) is 12.2 Å². The zero-order valence-electron chi connectivity index (χ0n) is 53.1.